The second kappa shape index (κ2) is 7.10. The van der Waals surface area contributed by atoms with Crippen molar-refractivity contribution in [3.05, 3.63) is 0 Å². The van der Waals surface area contributed by atoms with Crippen molar-refractivity contribution in [3.8, 4) is 0 Å². The molecule has 1 aliphatic heterocycles. The van der Waals surface area contributed by atoms with Crippen LogP contribution in [0.2, 0.25) is 0 Å². The number of amides is 1. The first kappa shape index (κ1) is 13.8. The summed E-state index contributed by atoms with van der Waals surface area (Å²) >= 11 is 0. The van der Waals surface area contributed by atoms with Crippen LogP contribution in [0.1, 0.15) is 51.9 Å². The average Bonchev–Trinajstić information content (AvgIpc) is 2.41. The van der Waals surface area contributed by atoms with E-state index in [0.717, 1.165) is 38.9 Å². The molecule has 18 heavy (non-hydrogen) atoms. The third kappa shape index (κ3) is 4.25. The highest BCUT2D eigenvalue weighted by molar-refractivity contribution is 5.81. The quantitative estimate of drug-likeness (QED) is 0.801. The molecule has 104 valence electrons. The van der Waals surface area contributed by atoms with Crippen molar-refractivity contribution in [2.75, 3.05) is 13.2 Å². The highest BCUT2D eigenvalue weighted by Crippen LogP contribution is 2.17. The van der Waals surface area contributed by atoms with Crippen LogP contribution in [-0.2, 0) is 9.53 Å². The minimum absolute atomic E-state index is 0.112. The van der Waals surface area contributed by atoms with Crippen molar-refractivity contribution >= 4 is 5.91 Å². The summed E-state index contributed by atoms with van der Waals surface area (Å²) in [6.45, 7) is 3.55. The zero-order valence-electron chi connectivity index (χ0n) is 11.4. The molecule has 0 aromatic heterocycles. The average molecular weight is 254 g/mol. The lowest BCUT2D eigenvalue weighted by atomic mass is 9.95. The molecule has 2 fully saturated rings. The van der Waals surface area contributed by atoms with Crippen molar-refractivity contribution in [3.63, 3.8) is 0 Å². The molecule has 1 saturated heterocycles. The van der Waals surface area contributed by atoms with Crippen LogP contribution in [0.25, 0.3) is 0 Å². The van der Waals surface area contributed by atoms with Gasteiger partial charge in [0.25, 0.3) is 0 Å². The van der Waals surface area contributed by atoms with Gasteiger partial charge in [-0.3, -0.25) is 4.79 Å². The molecule has 4 nitrogen and oxygen atoms in total. The summed E-state index contributed by atoms with van der Waals surface area (Å²) in [7, 11) is 0. The van der Waals surface area contributed by atoms with E-state index in [1.165, 1.54) is 19.3 Å². The fourth-order valence-corrected chi connectivity index (χ4v) is 2.87. The van der Waals surface area contributed by atoms with Crippen LogP contribution in [0, 0.1) is 0 Å². The number of hydrogen-bond donors (Lipinski definition) is 2. The molecule has 0 spiro atoms. The summed E-state index contributed by atoms with van der Waals surface area (Å²) in [6, 6.07) is 0.627. The lowest BCUT2D eigenvalue weighted by Crippen LogP contribution is -2.51. The first-order valence-electron chi connectivity index (χ1n) is 7.40. The summed E-state index contributed by atoms with van der Waals surface area (Å²) in [5.41, 5.74) is 0. The Morgan fingerprint density at radius 1 is 1.11 bits per heavy atom. The largest absolute Gasteiger partial charge is 0.380 e. The smallest absolute Gasteiger partial charge is 0.237 e. The minimum atomic E-state index is -0.112. The Morgan fingerprint density at radius 3 is 2.50 bits per heavy atom. The molecular formula is C14H26N2O2. The van der Waals surface area contributed by atoms with Gasteiger partial charge in [-0.15, -0.1) is 0 Å². The van der Waals surface area contributed by atoms with E-state index in [1.54, 1.807) is 0 Å². The first-order valence-corrected chi connectivity index (χ1v) is 7.40. The predicted molar refractivity (Wildman–Crippen MR) is 71.5 cm³/mol. The third-order valence-electron chi connectivity index (χ3n) is 3.99. The molecule has 4 heteroatoms. The summed E-state index contributed by atoms with van der Waals surface area (Å²) in [5.74, 6) is 0.146. The van der Waals surface area contributed by atoms with Crippen LogP contribution in [0.5, 0.6) is 0 Å². The van der Waals surface area contributed by atoms with Crippen LogP contribution in [0.15, 0.2) is 0 Å². The van der Waals surface area contributed by atoms with Gasteiger partial charge in [0.05, 0.1) is 12.6 Å². The molecule has 0 aromatic rings. The molecule has 1 amide bonds. The highest BCUT2D eigenvalue weighted by Gasteiger charge is 2.22. The van der Waals surface area contributed by atoms with Gasteiger partial charge in [0.1, 0.15) is 0 Å². The zero-order valence-corrected chi connectivity index (χ0v) is 11.4. The molecular weight excluding hydrogens is 228 g/mol. The number of rotatable bonds is 4. The standard InChI is InChI=1S/C14H26N2O2/c1-11(15-13-8-5-9-18-10-13)14(17)16-12-6-3-2-4-7-12/h11-13,15H,2-10H2,1H3,(H,16,17). The molecule has 1 aliphatic carbocycles. The maximum atomic E-state index is 12.1. The summed E-state index contributed by atoms with van der Waals surface area (Å²) in [5, 5.41) is 6.54. The van der Waals surface area contributed by atoms with E-state index in [2.05, 4.69) is 10.6 Å². The van der Waals surface area contributed by atoms with Gasteiger partial charge in [-0.25, -0.2) is 0 Å². The Balaban J connectivity index is 1.69. The summed E-state index contributed by atoms with van der Waals surface area (Å²) in [4.78, 5) is 12.1. The Morgan fingerprint density at radius 2 is 1.83 bits per heavy atom. The molecule has 2 N–H and O–H groups in total. The maximum Gasteiger partial charge on any atom is 0.237 e. The van der Waals surface area contributed by atoms with Gasteiger partial charge in [0.2, 0.25) is 5.91 Å². The molecule has 2 atom stereocenters. The number of carbonyl (C=O) groups excluding carboxylic acids is 1. The maximum absolute atomic E-state index is 12.1. The van der Waals surface area contributed by atoms with E-state index in [-0.39, 0.29) is 11.9 Å². The Hall–Kier alpha value is -0.610. The van der Waals surface area contributed by atoms with Gasteiger partial charge in [0, 0.05) is 18.7 Å². The monoisotopic (exact) mass is 254 g/mol. The summed E-state index contributed by atoms with van der Waals surface area (Å²) in [6.07, 6.45) is 8.32. The van der Waals surface area contributed by atoms with Gasteiger partial charge in [-0.05, 0) is 32.6 Å². The van der Waals surface area contributed by atoms with E-state index >= 15 is 0 Å². The van der Waals surface area contributed by atoms with E-state index in [4.69, 9.17) is 4.74 Å². The van der Waals surface area contributed by atoms with Gasteiger partial charge in [-0.1, -0.05) is 19.3 Å². The molecule has 1 saturated carbocycles. The van der Waals surface area contributed by atoms with Crippen LogP contribution in [0.3, 0.4) is 0 Å². The SMILES string of the molecule is CC(NC1CCCOC1)C(=O)NC1CCCCC1. The second-order valence-electron chi connectivity index (χ2n) is 5.65. The van der Waals surface area contributed by atoms with Crippen LogP contribution < -0.4 is 10.6 Å². The minimum Gasteiger partial charge on any atom is -0.380 e. The predicted octanol–water partition coefficient (Wildman–Crippen LogP) is 1.59. The molecule has 0 radical (unpaired) electrons. The Kier molecular flexibility index (Phi) is 5.45. The van der Waals surface area contributed by atoms with E-state index in [1.807, 2.05) is 6.92 Å². The van der Waals surface area contributed by atoms with Crippen molar-refractivity contribution < 1.29 is 9.53 Å². The third-order valence-corrected chi connectivity index (χ3v) is 3.99. The van der Waals surface area contributed by atoms with Gasteiger partial charge < -0.3 is 15.4 Å². The van der Waals surface area contributed by atoms with Gasteiger partial charge >= 0.3 is 0 Å². The Labute approximate surface area is 110 Å². The fourth-order valence-electron chi connectivity index (χ4n) is 2.87. The molecule has 0 bridgehead atoms. The van der Waals surface area contributed by atoms with Crippen LogP contribution in [0.4, 0.5) is 0 Å². The fraction of sp³-hybridized carbons (Fsp3) is 0.929. The second-order valence-corrected chi connectivity index (χ2v) is 5.65. The number of ether oxygens (including phenoxy) is 1. The van der Waals surface area contributed by atoms with Gasteiger partial charge in [-0.2, -0.15) is 0 Å². The molecule has 2 unspecified atom stereocenters. The van der Waals surface area contributed by atoms with Crippen LogP contribution in [-0.4, -0.2) is 37.2 Å². The molecule has 2 aliphatic rings. The van der Waals surface area contributed by atoms with Crippen molar-refractivity contribution in [1.29, 1.82) is 0 Å². The topological polar surface area (TPSA) is 50.4 Å². The normalized spacial score (nSPS) is 27.7. The molecule has 0 aromatic carbocycles. The van der Waals surface area contributed by atoms with Crippen LogP contribution >= 0.6 is 0 Å². The Bertz CT molecular complexity index is 259. The number of hydrogen-bond acceptors (Lipinski definition) is 3. The lowest BCUT2D eigenvalue weighted by molar-refractivity contribution is -0.124. The highest BCUT2D eigenvalue weighted by atomic mass is 16.5. The van der Waals surface area contributed by atoms with Gasteiger partial charge in [0.15, 0.2) is 0 Å². The molecule has 2 rings (SSSR count). The molecule has 1 heterocycles. The van der Waals surface area contributed by atoms with Crippen molar-refractivity contribution in [1.82, 2.24) is 10.6 Å². The number of nitrogens with one attached hydrogen (secondary N) is 2. The van der Waals surface area contributed by atoms with E-state index in [0.29, 0.717) is 12.1 Å². The summed E-state index contributed by atoms with van der Waals surface area (Å²) < 4.78 is 5.42. The lowest BCUT2D eigenvalue weighted by Gasteiger charge is -2.28. The number of carbonyl (C=O) groups is 1. The zero-order chi connectivity index (χ0) is 12.8. The van der Waals surface area contributed by atoms with E-state index in [9.17, 15) is 4.79 Å². The van der Waals surface area contributed by atoms with Crippen molar-refractivity contribution in [2.24, 2.45) is 0 Å². The van der Waals surface area contributed by atoms with Crippen molar-refractivity contribution in [2.45, 2.75) is 70.0 Å². The van der Waals surface area contributed by atoms with E-state index < -0.39 is 0 Å². The first-order chi connectivity index (χ1) is 8.75.